The standard InChI is InChI=1S/C23H26O5/c24-22(25)17-27-23-15-14-21(28-23)13-12-19-8-5-4-7-18(19)9-6-16-26-20-10-2-1-3-11-20/h1-5,7-8,10-11,15,21H,6,9,12-14,16-17H2,(H,24,25). The lowest BCUT2D eigenvalue weighted by Gasteiger charge is -2.15. The second-order valence-corrected chi connectivity index (χ2v) is 6.75. The number of carboxylic acid groups (broad SMARTS) is 1. The zero-order valence-corrected chi connectivity index (χ0v) is 15.9. The van der Waals surface area contributed by atoms with Crippen molar-refractivity contribution in [1.82, 2.24) is 0 Å². The van der Waals surface area contributed by atoms with Crippen molar-refractivity contribution < 1.29 is 24.1 Å². The molecule has 5 heteroatoms. The Hall–Kier alpha value is -2.95. The lowest BCUT2D eigenvalue weighted by Crippen LogP contribution is -2.12. The van der Waals surface area contributed by atoms with E-state index in [-0.39, 0.29) is 12.7 Å². The minimum atomic E-state index is -1.00. The van der Waals surface area contributed by atoms with E-state index in [4.69, 9.17) is 19.3 Å². The van der Waals surface area contributed by atoms with Crippen LogP contribution < -0.4 is 4.74 Å². The molecule has 0 aromatic heterocycles. The molecule has 0 aliphatic carbocycles. The summed E-state index contributed by atoms with van der Waals surface area (Å²) in [4.78, 5) is 10.6. The highest BCUT2D eigenvalue weighted by molar-refractivity contribution is 5.68. The fourth-order valence-electron chi connectivity index (χ4n) is 3.22. The number of ether oxygens (including phenoxy) is 3. The van der Waals surface area contributed by atoms with Gasteiger partial charge in [0.15, 0.2) is 6.61 Å². The second kappa shape index (κ2) is 10.4. The van der Waals surface area contributed by atoms with Crippen LogP contribution in [0.4, 0.5) is 0 Å². The van der Waals surface area contributed by atoms with E-state index in [1.807, 2.05) is 36.4 Å². The van der Waals surface area contributed by atoms with E-state index >= 15 is 0 Å². The summed E-state index contributed by atoms with van der Waals surface area (Å²) < 4.78 is 16.6. The first-order valence-corrected chi connectivity index (χ1v) is 9.67. The summed E-state index contributed by atoms with van der Waals surface area (Å²) in [6.45, 7) is 0.324. The summed E-state index contributed by atoms with van der Waals surface area (Å²) in [6.07, 6.45) is 6.33. The topological polar surface area (TPSA) is 65.0 Å². The molecule has 1 aliphatic rings. The maximum atomic E-state index is 10.6. The molecule has 1 N–H and O–H groups in total. The molecule has 0 fully saturated rings. The van der Waals surface area contributed by atoms with E-state index < -0.39 is 5.97 Å². The Labute approximate surface area is 165 Å². The third-order valence-electron chi connectivity index (χ3n) is 4.62. The molecule has 0 spiro atoms. The lowest BCUT2D eigenvalue weighted by atomic mass is 9.97. The van der Waals surface area contributed by atoms with Crippen LogP contribution in [-0.2, 0) is 27.1 Å². The Morgan fingerprint density at radius 3 is 2.46 bits per heavy atom. The van der Waals surface area contributed by atoms with Gasteiger partial charge in [-0.2, -0.15) is 0 Å². The molecule has 1 heterocycles. The maximum absolute atomic E-state index is 10.6. The van der Waals surface area contributed by atoms with E-state index in [0.29, 0.717) is 12.6 Å². The summed E-state index contributed by atoms with van der Waals surface area (Å²) in [5.74, 6) is 0.236. The molecule has 0 saturated carbocycles. The van der Waals surface area contributed by atoms with Crippen LogP contribution in [0, 0.1) is 0 Å². The fourth-order valence-corrected chi connectivity index (χ4v) is 3.22. The van der Waals surface area contributed by atoms with Crippen molar-refractivity contribution in [3.05, 3.63) is 77.7 Å². The highest BCUT2D eigenvalue weighted by Crippen LogP contribution is 2.23. The average Bonchev–Trinajstić information content (AvgIpc) is 3.17. The zero-order chi connectivity index (χ0) is 19.6. The second-order valence-electron chi connectivity index (χ2n) is 6.75. The Bertz CT molecular complexity index is 785. The molecule has 0 amide bonds. The summed E-state index contributed by atoms with van der Waals surface area (Å²) >= 11 is 0. The van der Waals surface area contributed by atoms with Gasteiger partial charge in [0.2, 0.25) is 0 Å². The number of carbonyl (C=O) groups is 1. The molecule has 3 rings (SSSR count). The Morgan fingerprint density at radius 1 is 1.00 bits per heavy atom. The molecule has 28 heavy (non-hydrogen) atoms. The van der Waals surface area contributed by atoms with Crippen molar-refractivity contribution in [2.24, 2.45) is 0 Å². The predicted octanol–water partition coefficient (Wildman–Crippen LogP) is 4.36. The summed E-state index contributed by atoms with van der Waals surface area (Å²) in [6, 6.07) is 18.3. The first-order chi connectivity index (χ1) is 13.7. The van der Waals surface area contributed by atoms with Crippen LogP contribution in [0.2, 0.25) is 0 Å². The Kier molecular flexibility index (Phi) is 7.36. The first-order valence-electron chi connectivity index (χ1n) is 9.67. The van der Waals surface area contributed by atoms with Gasteiger partial charge in [0.05, 0.1) is 6.61 Å². The number of hydrogen-bond acceptors (Lipinski definition) is 4. The van der Waals surface area contributed by atoms with Crippen molar-refractivity contribution in [2.45, 2.75) is 38.2 Å². The molecule has 0 saturated heterocycles. The van der Waals surface area contributed by atoms with Crippen molar-refractivity contribution in [3.8, 4) is 5.75 Å². The van der Waals surface area contributed by atoms with Gasteiger partial charge in [0, 0.05) is 12.5 Å². The van der Waals surface area contributed by atoms with Crippen molar-refractivity contribution >= 4 is 5.97 Å². The van der Waals surface area contributed by atoms with Crippen LogP contribution >= 0.6 is 0 Å². The number of rotatable bonds is 11. The third kappa shape index (κ3) is 6.34. The first kappa shape index (κ1) is 19.8. The SMILES string of the molecule is O=C(O)COC1=CCC(CCc2ccccc2CCCOc2ccccc2)O1. The molecule has 5 nitrogen and oxygen atoms in total. The summed E-state index contributed by atoms with van der Waals surface area (Å²) in [7, 11) is 0. The number of benzene rings is 2. The van der Waals surface area contributed by atoms with Gasteiger partial charge in [-0.1, -0.05) is 42.5 Å². The van der Waals surface area contributed by atoms with Gasteiger partial charge >= 0.3 is 5.97 Å². The van der Waals surface area contributed by atoms with E-state index in [1.54, 1.807) is 0 Å². The van der Waals surface area contributed by atoms with Gasteiger partial charge in [-0.25, -0.2) is 4.79 Å². The minimum Gasteiger partial charge on any atom is -0.494 e. The van der Waals surface area contributed by atoms with Gasteiger partial charge in [-0.05, 0) is 48.9 Å². The van der Waals surface area contributed by atoms with Crippen LogP contribution in [0.15, 0.2) is 66.6 Å². The third-order valence-corrected chi connectivity index (χ3v) is 4.62. The lowest BCUT2D eigenvalue weighted by molar-refractivity contribution is -0.143. The molecule has 0 radical (unpaired) electrons. The van der Waals surface area contributed by atoms with Crippen LogP contribution in [0.3, 0.4) is 0 Å². The molecular weight excluding hydrogens is 356 g/mol. The molecule has 1 unspecified atom stereocenters. The van der Waals surface area contributed by atoms with E-state index in [2.05, 4.69) is 24.3 Å². The van der Waals surface area contributed by atoms with Crippen molar-refractivity contribution in [3.63, 3.8) is 0 Å². The molecule has 148 valence electrons. The highest BCUT2D eigenvalue weighted by atomic mass is 16.7. The average molecular weight is 382 g/mol. The van der Waals surface area contributed by atoms with Gasteiger partial charge in [-0.15, -0.1) is 0 Å². The monoisotopic (exact) mass is 382 g/mol. The van der Waals surface area contributed by atoms with Gasteiger partial charge in [0.25, 0.3) is 5.95 Å². The molecular formula is C23H26O5. The molecule has 2 aromatic carbocycles. The molecule has 2 aromatic rings. The quantitative estimate of drug-likeness (QED) is 0.585. The predicted molar refractivity (Wildman–Crippen MR) is 106 cm³/mol. The number of carboxylic acids is 1. The molecule has 1 aliphatic heterocycles. The smallest absolute Gasteiger partial charge is 0.341 e. The Balaban J connectivity index is 1.41. The molecule has 1 atom stereocenters. The van der Waals surface area contributed by atoms with Gasteiger partial charge < -0.3 is 19.3 Å². The van der Waals surface area contributed by atoms with Crippen LogP contribution in [0.5, 0.6) is 5.75 Å². The fraction of sp³-hybridized carbons (Fsp3) is 0.348. The van der Waals surface area contributed by atoms with Crippen LogP contribution in [0.25, 0.3) is 0 Å². The number of aliphatic carboxylic acids is 1. The minimum absolute atomic E-state index is 0.0401. The van der Waals surface area contributed by atoms with E-state index in [0.717, 1.165) is 37.9 Å². The van der Waals surface area contributed by atoms with E-state index in [1.165, 1.54) is 11.1 Å². The highest BCUT2D eigenvalue weighted by Gasteiger charge is 2.20. The number of aryl methyl sites for hydroxylation is 2. The van der Waals surface area contributed by atoms with Gasteiger partial charge in [0.1, 0.15) is 11.9 Å². The van der Waals surface area contributed by atoms with Crippen molar-refractivity contribution in [2.75, 3.05) is 13.2 Å². The maximum Gasteiger partial charge on any atom is 0.341 e. The van der Waals surface area contributed by atoms with Crippen LogP contribution in [-0.4, -0.2) is 30.4 Å². The van der Waals surface area contributed by atoms with Crippen molar-refractivity contribution in [1.29, 1.82) is 0 Å². The molecule has 0 bridgehead atoms. The number of para-hydroxylation sites is 1. The number of hydrogen-bond donors (Lipinski definition) is 1. The normalized spacial score (nSPS) is 15.6. The summed E-state index contributed by atoms with van der Waals surface area (Å²) in [5, 5.41) is 8.66. The van der Waals surface area contributed by atoms with Gasteiger partial charge in [-0.3, -0.25) is 0 Å². The zero-order valence-electron chi connectivity index (χ0n) is 15.9. The largest absolute Gasteiger partial charge is 0.494 e. The van der Waals surface area contributed by atoms with Crippen LogP contribution in [0.1, 0.15) is 30.4 Å². The summed E-state index contributed by atoms with van der Waals surface area (Å²) in [5.41, 5.74) is 2.66. The van der Waals surface area contributed by atoms with E-state index in [9.17, 15) is 4.79 Å². The Morgan fingerprint density at radius 2 is 1.71 bits per heavy atom.